The summed E-state index contributed by atoms with van der Waals surface area (Å²) in [5.74, 6) is 0.561. The Labute approximate surface area is 163 Å². The summed E-state index contributed by atoms with van der Waals surface area (Å²) in [5.41, 5.74) is 6.75. The molecule has 0 spiro atoms. The zero-order valence-electron chi connectivity index (χ0n) is 16.9. The third-order valence-corrected chi connectivity index (χ3v) is 6.81. The fourth-order valence-corrected chi connectivity index (χ4v) is 5.08. The predicted molar refractivity (Wildman–Crippen MR) is 115 cm³/mol. The quantitative estimate of drug-likeness (QED) is 0.654. The molecule has 2 nitrogen and oxygen atoms in total. The molecule has 1 aromatic carbocycles. The lowest BCUT2D eigenvalue weighted by molar-refractivity contribution is 0.319. The third-order valence-electron chi connectivity index (χ3n) is 6.81. The van der Waals surface area contributed by atoms with E-state index in [0.29, 0.717) is 12.0 Å². The van der Waals surface area contributed by atoms with Crippen LogP contribution in [0.15, 0.2) is 66.4 Å². The van der Waals surface area contributed by atoms with Crippen LogP contribution in [0.2, 0.25) is 0 Å². The van der Waals surface area contributed by atoms with Crippen LogP contribution in [0.5, 0.6) is 0 Å². The number of rotatable bonds is 3. The fraction of sp³-hybridized carbons (Fsp3) is 0.400. The van der Waals surface area contributed by atoms with Crippen LogP contribution in [0, 0.1) is 5.92 Å². The summed E-state index contributed by atoms with van der Waals surface area (Å²) in [6, 6.07) is 13.6. The van der Waals surface area contributed by atoms with E-state index in [0.717, 1.165) is 18.5 Å². The fourth-order valence-electron chi connectivity index (χ4n) is 5.08. The first-order valence-electron chi connectivity index (χ1n) is 10.2. The van der Waals surface area contributed by atoms with Gasteiger partial charge in [0.2, 0.25) is 0 Å². The molecule has 0 saturated carbocycles. The molecule has 0 amide bonds. The number of benzene rings is 1. The van der Waals surface area contributed by atoms with E-state index in [9.17, 15) is 0 Å². The van der Waals surface area contributed by atoms with Crippen LogP contribution in [0.1, 0.15) is 45.6 Å². The highest BCUT2D eigenvalue weighted by molar-refractivity contribution is 5.69. The van der Waals surface area contributed by atoms with Crippen molar-refractivity contribution >= 4 is 5.69 Å². The predicted octanol–water partition coefficient (Wildman–Crippen LogP) is 6.15. The monoisotopic (exact) mass is 358 g/mol. The van der Waals surface area contributed by atoms with Crippen LogP contribution in [-0.2, 0) is 5.41 Å². The number of nitrogens with zero attached hydrogens (tertiary/aromatic N) is 2. The van der Waals surface area contributed by atoms with Crippen LogP contribution in [-0.4, -0.2) is 18.1 Å². The van der Waals surface area contributed by atoms with Crippen LogP contribution in [0.4, 0.5) is 5.69 Å². The van der Waals surface area contributed by atoms with Crippen molar-refractivity contribution in [2.75, 3.05) is 11.9 Å². The maximum Gasteiger partial charge on any atom is 0.0702 e. The minimum atomic E-state index is 0.204. The molecule has 0 N–H and O–H groups in total. The van der Waals surface area contributed by atoms with Crippen molar-refractivity contribution in [3.8, 4) is 11.3 Å². The molecule has 0 radical (unpaired) electrons. The Hall–Kier alpha value is -2.35. The molecule has 0 fully saturated rings. The minimum Gasteiger partial charge on any atom is -0.367 e. The van der Waals surface area contributed by atoms with Crippen LogP contribution in [0.3, 0.4) is 0 Å². The highest BCUT2D eigenvalue weighted by Gasteiger charge is 2.41. The minimum absolute atomic E-state index is 0.204. The van der Waals surface area contributed by atoms with Gasteiger partial charge < -0.3 is 4.90 Å². The van der Waals surface area contributed by atoms with Gasteiger partial charge in [0.15, 0.2) is 0 Å². The first kappa shape index (κ1) is 18.0. The molecule has 2 aromatic rings. The number of pyridine rings is 1. The summed E-state index contributed by atoms with van der Waals surface area (Å²) >= 11 is 0. The highest BCUT2D eigenvalue weighted by Crippen LogP contribution is 2.49. The summed E-state index contributed by atoms with van der Waals surface area (Å²) in [6.45, 7) is 6.94. The van der Waals surface area contributed by atoms with Gasteiger partial charge >= 0.3 is 0 Å². The highest BCUT2D eigenvalue weighted by atomic mass is 15.1. The van der Waals surface area contributed by atoms with Gasteiger partial charge in [-0.2, -0.15) is 0 Å². The Morgan fingerprint density at radius 2 is 1.96 bits per heavy atom. The zero-order valence-corrected chi connectivity index (χ0v) is 16.9. The Balaban J connectivity index is 1.89. The standard InChI is InChI=1S/C25H30N2/c1-5-25(6-2)17-20-15-18(3)10-12-23(20)27(4)24-13-11-19(16-21(24)25)22-9-7-8-14-26-22/h7-16,20,23H,5-6,17H2,1-4H3. The zero-order chi connectivity index (χ0) is 19.0. The first-order valence-corrected chi connectivity index (χ1v) is 10.2. The average Bonchev–Trinajstić information content (AvgIpc) is 2.81. The van der Waals surface area contributed by atoms with Crippen LogP contribution < -0.4 is 4.90 Å². The normalized spacial score (nSPS) is 23.3. The molecule has 0 saturated heterocycles. The lowest BCUT2D eigenvalue weighted by Crippen LogP contribution is -2.36. The van der Waals surface area contributed by atoms with E-state index in [4.69, 9.17) is 0 Å². The second-order valence-electron chi connectivity index (χ2n) is 8.17. The molecule has 140 valence electrons. The third kappa shape index (κ3) is 3.01. The van der Waals surface area contributed by atoms with Gasteiger partial charge in [0.1, 0.15) is 0 Å². The summed E-state index contributed by atoms with van der Waals surface area (Å²) in [7, 11) is 2.26. The maximum atomic E-state index is 4.59. The first-order chi connectivity index (χ1) is 13.1. The van der Waals surface area contributed by atoms with Gasteiger partial charge in [-0.3, -0.25) is 4.98 Å². The number of hydrogen-bond donors (Lipinski definition) is 0. The van der Waals surface area contributed by atoms with Crippen molar-refractivity contribution in [2.45, 2.75) is 51.5 Å². The van der Waals surface area contributed by atoms with Gasteiger partial charge in [0, 0.05) is 30.4 Å². The molecule has 2 heteroatoms. The van der Waals surface area contributed by atoms with Gasteiger partial charge in [-0.15, -0.1) is 0 Å². The van der Waals surface area contributed by atoms with E-state index in [2.05, 4.69) is 86.3 Å². The number of allylic oxidation sites excluding steroid dienone is 2. The second-order valence-corrected chi connectivity index (χ2v) is 8.17. The van der Waals surface area contributed by atoms with Crippen molar-refractivity contribution in [1.29, 1.82) is 0 Å². The Bertz CT molecular complexity index is 874. The van der Waals surface area contributed by atoms with E-state index >= 15 is 0 Å². The molecule has 4 rings (SSSR count). The Morgan fingerprint density at radius 3 is 2.67 bits per heavy atom. The average molecular weight is 359 g/mol. The lowest BCUT2D eigenvalue weighted by Gasteiger charge is -2.35. The van der Waals surface area contributed by atoms with Gasteiger partial charge in [0.25, 0.3) is 0 Å². The van der Waals surface area contributed by atoms with Gasteiger partial charge in [-0.1, -0.05) is 49.8 Å². The summed E-state index contributed by atoms with van der Waals surface area (Å²) in [6.07, 6.45) is 12.6. The molecular weight excluding hydrogens is 328 g/mol. The van der Waals surface area contributed by atoms with Crippen LogP contribution in [0.25, 0.3) is 11.3 Å². The number of anilines is 1. The largest absolute Gasteiger partial charge is 0.367 e. The van der Waals surface area contributed by atoms with E-state index in [-0.39, 0.29) is 5.41 Å². The van der Waals surface area contributed by atoms with Gasteiger partial charge in [-0.25, -0.2) is 0 Å². The molecule has 2 atom stereocenters. The Morgan fingerprint density at radius 1 is 1.15 bits per heavy atom. The SMILES string of the molecule is CCC1(CC)CC2C=C(C)C=CC2N(C)c2ccc(-c3ccccn3)cc21. The number of likely N-dealkylation sites (N-methyl/N-ethyl adjacent to an activating group) is 1. The topological polar surface area (TPSA) is 16.1 Å². The van der Waals surface area contributed by atoms with Gasteiger partial charge in [0.05, 0.1) is 11.7 Å². The van der Waals surface area contributed by atoms with Crippen molar-refractivity contribution in [1.82, 2.24) is 4.98 Å². The Kier molecular flexibility index (Phi) is 4.67. The summed E-state index contributed by atoms with van der Waals surface area (Å²) in [4.78, 5) is 7.08. The van der Waals surface area contributed by atoms with Gasteiger partial charge in [-0.05, 0) is 61.4 Å². The molecule has 0 bridgehead atoms. The molecular formula is C25H30N2. The molecule has 1 aliphatic carbocycles. The molecule has 1 aliphatic heterocycles. The van der Waals surface area contributed by atoms with Crippen molar-refractivity contribution in [3.05, 3.63) is 72.0 Å². The van der Waals surface area contributed by atoms with Crippen molar-refractivity contribution < 1.29 is 0 Å². The molecule has 27 heavy (non-hydrogen) atoms. The van der Waals surface area contributed by atoms with Crippen LogP contribution >= 0.6 is 0 Å². The number of aromatic nitrogens is 1. The molecule has 2 unspecified atom stereocenters. The molecule has 1 aromatic heterocycles. The summed E-state index contributed by atoms with van der Waals surface area (Å²) < 4.78 is 0. The van der Waals surface area contributed by atoms with E-state index in [1.165, 1.54) is 28.8 Å². The number of fused-ring (bicyclic) bond motifs is 2. The smallest absolute Gasteiger partial charge is 0.0702 e. The number of hydrogen-bond acceptors (Lipinski definition) is 2. The van der Waals surface area contributed by atoms with E-state index < -0.39 is 0 Å². The molecule has 2 heterocycles. The summed E-state index contributed by atoms with van der Waals surface area (Å²) in [5, 5.41) is 0. The van der Waals surface area contributed by atoms with E-state index in [1.807, 2.05) is 12.3 Å². The lowest BCUT2D eigenvalue weighted by atomic mass is 9.68. The van der Waals surface area contributed by atoms with E-state index in [1.54, 1.807) is 0 Å². The second kappa shape index (κ2) is 6.99. The molecule has 2 aliphatic rings. The maximum absolute atomic E-state index is 4.59. The van der Waals surface area contributed by atoms with Crippen molar-refractivity contribution in [2.24, 2.45) is 5.92 Å². The van der Waals surface area contributed by atoms with Crippen molar-refractivity contribution in [3.63, 3.8) is 0 Å².